The molecule has 21 heavy (non-hydrogen) atoms. The molecule has 0 radical (unpaired) electrons. The van der Waals surface area contributed by atoms with E-state index in [0.29, 0.717) is 0 Å². The van der Waals surface area contributed by atoms with Crippen LogP contribution in [0.5, 0.6) is 0 Å². The number of rotatable bonds is 11. The number of nitrogens with two attached hydrogens (primary N) is 1. The first-order chi connectivity index (χ1) is 10.2. The van der Waals surface area contributed by atoms with Crippen LogP contribution in [0.2, 0.25) is 0 Å². The molecule has 0 aliphatic heterocycles. The van der Waals surface area contributed by atoms with Crippen LogP contribution in [0.25, 0.3) is 0 Å². The minimum absolute atomic E-state index is 0.156. The second-order valence-corrected chi connectivity index (χ2v) is 5.62. The van der Waals surface area contributed by atoms with Gasteiger partial charge >= 0.3 is 0 Å². The summed E-state index contributed by atoms with van der Waals surface area (Å²) in [7, 11) is 0. The highest BCUT2D eigenvalue weighted by Crippen LogP contribution is 2.13. The SMILES string of the molecule is CCN(CC)CCCN(CC)CCC(N)c1ccccc1. The van der Waals surface area contributed by atoms with E-state index in [1.807, 2.05) is 6.07 Å². The topological polar surface area (TPSA) is 32.5 Å². The molecule has 2 N–H and O–H groups in total. The van der Waals surface area contributed by atoms with Gasteiger partial charge in [-0.1, -0.05) is 51.1 Å². The van der Waals surface area contributed by atoms with Gasteiger partial charge in [-0.2, -0.15) is 0 Å². The quantitative estimate of drug-likeness (QED) is 0.680. The van der Waals surface area contributed by atoms with E-state index in [4.69, 9.17) is 5.73 Å². The van der Waals surface area contributed by atoms with Crippen LogP contribution in [-0.2, 0) is 0 Å². The summed E-state index contributed by atoms with van der Waals surface area (Å²) >= 11 is 0. The van der Waals surface area contributed by atoms with E-state index in [-0.39, 0.29) is 6.04 Å². The second kappa shape index (κ2) is 10.8. The molecule has 0 heterocycles. The second-order valence-electron chi connectivity index (χ2n) is 5.62. The van der Waals surface area contributed by atoms with Gasteiger partial charge in [0.15, 0.2) is 0 Å². The predicted octanol–water partition coefficient (Wildman–Crippen LogP) is 3.13. The van der Waals surface area contributed by atoms with Gasteiger partial charge < -0.3 is 15.5 Å². The smallest absolute Gasteiger partial charge is 0.0307 e. The Kier molecular flexibility index (Phi) is 9.31. The lowest BCUT2D eigenvalue weighted by Gasteiger charge is -2.24. The third-order valence-electron chi connectivity index (χ3n) is 4.27. The molecule has 3 heteroatoms. The summed E-state index contributed by atoms with van der Waals surface area (Å²) in [6.07, 6.45) is 2.28. The van der Waals surface area contributed by atoms with Crippen molar-refractivity contribution < 1.29 is 0 Å². The molecule has 1 unspecified atom stereocenters. The summed E-state index contributed by atoms with van der Waals surface area (Å²) in [5, 5.41) is 0. The highest BCUT2D eigenvalue weighted by molar-refractivity contribution is 5.18. The van der Waals surface area contributed by atoms with E-state index >= 15 is 0 Å². The van der Waals surface area contributed by atoms with Gasteiger partial charge in [-0.25, -0.2) is 0 Å². The number of hydrogen-bond donors (Lipinski definition) is 1. The minimum atomic E-state index is 0.156. The summed E-state index contributed by atoms with van der Waals surface area (Å²) in [6, 6.07) is 10.6. The van der Waals surface area contributed by atoms with Gasteiger partial charge in [0.05, 0.1) is 0 Å². The van der Waals surface area contributed by atoms with Crippen LogP contribution in [0.1, 0.15) is 45.2 Å². The molecule has 0 aromatic heterocycles. The maximum absolute atomic E-state index is 6.28. The normalized spacial score (nSPS) is 13.0. The molecule has 0 aliphatic carbocycles. The van der Waals surface area contributed by atoms with Gasteiger partial charge in [0, 0.05) is 6.04 Å². The highest BCUT2D eigenvalue weighted by atomic mass is 15.1. The van der Waals surface area contributed by atoms with E-state index in [1.165, 1.54) is 25.1 Å². The molecule has 0 aliphatic rings. The zero-order valence-electron chi connectivity index (χ0n) is 14.1. The van der Waals surface area contributed by atoms with E-state index in [2.05, 4.69) is 54.8 Å². The lowest BCUT2D eigenvalue weighted by molar-refractivity contribution is 0.238. The molecule has 120 valence electrons. The van der Waals surface area contributed by atoms with Crippen LogP contribution in [0, 0.1) is 0 Å². The molecule has 0 saturated carbocycles. The molecule has 3 nitrogen and oxygen atoms in total. The van der Waals surface area contributed by atoms with Crippen molar-refractivity contribution in [3.8, 4) is 0 Å². The van der Waals surface area contributed by atoms with Gasteiger partial charge in [0.1, 0.15) is 0 Å². The van der Waals surface area contributed by atoms with Crippen molar-refractivity contribution in [3.05, 3.63) is 35.9 Å². The predicted molar refractivity (Wildman–Crippen MR) is 92.5 cm³/mol. The van der Waals surface area contributed by atoms with Crippen molar-refractivity contribution in [2.75, 3.05) is 39.3 Å². The van der Waals surface area contributed by atoms with Gasteiger partial charge in [0.2, 0.25) is 0 Å². The molecule has 0 fully saturated rings. The van der Waals surface area contributed by atoms with Crippen LogP contribution in [0.15, 0.2) is 30.3 Å². The van der Waals surface area contributed by atoms with Crippen molar-refractivity contribution >= 4 is 0 Å². The first kappa shape index (κ1) is 18.1. The number of benzene rings is 1. The van der Waals surface area contributed by atoms with Crippen molar-refractivity contribution in [1.29, 1.82) is 0 Å². The molecule has 1 rings (SSSR count). The highest BCUT2D eigenvalue weighted by Gasteiger charge is 2.09. The molecule has 1 atom stereocenters. The third kappa shape index (κ3) is 7.07. The Bertz CT molecular complexity index is 349. The zero-order valence-corrected chi connectivity index (χ0v) is 14.1. The Labute approximate surface area is 131 Å². The molecule has 0 spiro atoms. The van der Waals surface area contributed by atoms with Gasteiger partial charge in [-0.05, 0) is 57.7 Å². The minimum Gasteiger partial charge on any atom is -0.324 e. The van der Waals surface area contributed by atoms with Gasteiger partial charge in [0.25, 0.3) is 0 Å². The average molecular weight is 291 g/mol. The number of hydrogen-bond acceptors (Lipinski definition) is 3. The van der Waals surface area contributed by atoms with Crippen LogP contribution in [0.4, 0.5) is 0 Å². The van der Waals surface area contributed by atoms with Gasteiger partial charge in [-0.15, -0.1) is 0 Å². The maximum atomic E-state index is 6.28. The molecule has 1 aromatic carbocycles. The molecule has 0 amide bonds. The lowest BCUT2D eigenvalue weighted by atomic mass is 10.0. The summed E-state index contributed by atoms with van der Waals surface area (Å²) in [6.45, 7) is 13.6. The maximum Gasteiger partial charge on any atom is 0.0307 e. The van der Waals surface area contributed by atoms with Crippen molar-refractivity contribution in [1.82, 2.24) is 9.80 Å². The molecular weight excluding hydrogens is 258 g/mol. The molecule has 0 saturated heterocycles. The standard InChI is InChI=1S/C18H33N3/c1-4-20(5-2)14-10-15-21(6-3)16-13-18(19)17-11-8-7-9-12-17/h7-9,11-12,18H,4-6,10,13-16,19H2,1-3H3. The van der Waals surface area contributed by atoms with Crippen molar-refractivity contribution in [2.24, 2.45) is 5.73 Å². The van der Waals surface area contributed by atoms with E-state index in [9.17, 15) is 0 Å². The Balaban J connectivity index is 2.27. The Hall–Kier alpha value is -0.900. The van der Waals surface area contributed by atoms with E-state index in [0.717, 1.165) is 32.6 Å². The van der Waals surface area contributed by atoms with E-state index in [1.54, 1.807) is 0 Å². The lowest BCUT2D eigenvalue weighted by Crippen LogP contribution is -2.31. The third-order valence-corrected chi connectivity index (χ3v) is 4.27. The van der Waals surface area contributed by atoms with Gasteiger partial charge in [-0.3, -0.25) is 0 Å². The average Bonchev–Trinajstić information content (AvgIpc) is 2.55. The molecule has 0 bridgehead atoms. The Morgan fingerprint density at radius 2 is 1.43 bits per heavy atom. The van der Waals surface area contributed by atoms with Crippen molar-refractivity contribution in [2.45, 2.75) is 39.7 Å². The van der Waals surface area contributed by atoms with E-state index < -0.39 is 0 Å². The summed E-state index contributed by atoms with van der Waals surface area (Å²) < 4.78 is 0. The van der Waals surface area contributed by atoms with Crippen LogP contribution >= 0.6 is 0 Å². The Morgan fingerprint density at radius 3 is 2.00 bits per heavy atom. The monoisotopic (exact) mass is 291 g/mol. The van der Waals surface area contributed by atoms with Crippen molar-refractivity contribution in [3.63, 3.8) is 0 Å². The molecule has 1 aromatic rings. The fourth-order valence-corrected chi connectivity index (χ4v) is 2.67. The summed E-state index contributed by atoms with van der Waals surface area (Å²) in [5.74, 6) is 0. The largest absolute Gasteiger partial charge is 0.324 e. The van der Waals surface area contributed by atoms with Crippen LogP contribution in [-0.4, -0.2) is 49.1 Å². The first-order valence-electron chi connectivity index (χ1n) is 8.46. The summed E-state index contributed by atoms with van der Waals surface area (Å²) in [5.41, 5.74) is 7.53. The van der Waals surface area contributed by atoms with Crippen LogP contribution < -0.4 is 5.73 Å². The fourth-order valence-electron chi connectivity index (χ4n) is 2.67. The summed E-state index contributed by atoms with van der Waals surface area (Å²) in [4.78, 5) is 5.01. The first-order valence-corrected chi connectivity index (χ1v) is 8.46. The molecular formula is C18H33N3. The Morgan fingerprint density at radius 1 is 0.857 bits per heavy atom. The number of nitrogens with zero attached hydrogens (tertiary/aromatic N) is 2. The van der Waals surface area contributed by atoms with Crippen LogP contribution in [0.3, 0.4) is 0 Å². The fraction of sp³-hybridized carbons (Fsp3) is 0.667. The zero-order chi connectivity index (χ0) is 15.5.